The number of hydrazone groups is 1. The number of nitrogens with zero attached hydrogens (tertiary/aromatic N) is 2. The largest absolute Gasteiger partial charge is 0.493 e. The van der Waals surface area contributed by atoms with Gasteiger partial charge in [-0.25, -0.2) is 5.01 Å². The maximum Gasteiger partial charge on any atom is 0.302 e. The number of amides is 2. The second kappa shape index (κ2) is 10.2. The molecule has 0 unspecified atom stereocenters. The lowest BCUT2D eigenvalue weighted by Gasteiger charge is -2.23. The summed E-state index contributed by atoms with van der Waals surface area (Å²) in [5, 5.41) is 8.76. The molecule has 7 nitrogen and oxygen atoms in total. The molecule has 3 rings (SSSR count). The molecule has 8 heteroatoms. The van der Waals surface area contributed by atoms with Crippen molar-refractivity contribution in [1.29, 1.82) is 0 Å². The molecule has 0 bridgehead atoms. The van der Waals surface area contributed by atoms with E-state index in [9.17, 15) is 9.59 Å². The molecule has 2 aromatic rings. The number of benzene rings is 2. The molecule has 2 aromatic carbocycles. The van der Waals surface area contributed by atoms with Crippen LogP contribution in [-0.4, -0.2) is 41.3 Å². The number of nitrogens with one attached hydrogen (secondary N) is 1. The number of hydrogen-bond acceptors (Lipinski definition) is 6. The molecule has 1 aliphatic heterocycles. The highest BCUT2D eigenvalue weighted by molar-refractivity contribution is 8.14. The topological polar surface area (TPSA) is 80.2 Å². The lowest BCUT2D eigenvalue weighted by Crippen LogP contribution is -2.29. The first-order valence-corrected chi connectivity index (χ1v) is 10.7. The van der Waals surface area contributed by atoms with Crippen LogP contribution in [0.25, 0.3) is 0 Å². The number of rotatable bonds is 8. The van der Waals surface area contributed by atoms with E-state index in [0.29, 0.717) is 36.8 Å². The summed E-state index contributed by atoms with van der Waals surface area (Å²) in [6.07, 6.45) is 0.426. The molecule has 0 aromatic heterocycles. The van der Waals surface area contributed by atoms with Gasteiger partial charge < -0.3 is 14.8 Å². The normalized spacial score (nSPS) is 13.6. The summed E-state index contributed by atoms with van der Waals surface area (Å²) >= 11 is 1.22. The van der Waals surface area contributed by atoms with Gasteiger partial charge in [0.05, 0.1) is 26.0 Å². The molecule has 0 atom stereocenters. The van der Waals surface area contributed by atoms with E-state index in [1.54, 1.807) is 14.0 Å². The second-order valence-corrected chi connectivity index (χ2v) is 7.48. The predicted molar refractivity (Wildman–Crippen MR) is 119 cm³/mol. The summed E-state index contributed by atoms with van der Waals surface area (Å²) in [5.41, 5.74) is 3.35. The van der Waals surface area contributed by atoms with Gasteiger partial charge in [0, 0.05) is 23.4 Å². The summed E-state index contributed by atoms with van der Waals surface area (Å²) < 4.78 is 11.0. The van der Waals surface area contributed by atoms with E-state index in [4.69, 9.17) is 9.47 Å². The molecule has 2 amide bonds. The van der Waals surface area contributed by atoms with Gasteiger partial charge in [-0.2, -0.15) is 5.10 Å². The van der Waals surface area contributed by atoms with Crippen LogP contribution < -0.4 is 14.8 Å². The van der Waals surface area contributed by atoms with Gasteiger partial charge in [0.2, 0.25) is 5.91 Å². The third kappa shape index (κ3) is 5.33. The van der Waals surface area contributed by atoms with Crippen LogP contribution in [0.3, 0.4) is 0 Å². The van der Waals surface area contributed by atoms with Crippen molar-refractivity contribution < 1.29 is 19.1 Å². The fourth-order valence-corrected chi connectivity index (χ4v) is 3.64. The Labute approximate surface area is 180 Å². The highest BCUT2D eigenvalue weighted by atomic mass is 32.2. The molecule has 0 saturated carbocycles. The average Bonchev–Trinajstić information content (AvgIpc) is 2.76. The Balaban J connectivity index is 1.77. The van der Waals surface area contributed by atoms with Crippen molar-refractivity contribution in [2.24, 2.45) is 5.10 Å². The van der Waals surface area contributed by atoms with Gasteiger partial charge >= 0.3 is 5.24 Å². The standard InChI is InChI=1S/C22H25N3O4S/c1-4-21(26)23-17-9-6-15(7-10-17)13-25-22(27)30-14-18(24-25)16-8-11-19(28-3)20(12-16)29-5-2/h6-12H,4-5,13-14H2,1-3H3,(H,23,26). The first-order chi connectivity index (χ1) is 14.5. The number of anilines is 1. The van der Waals surface area contributed by atoms with Crippen LogP contribution in [0.2, 0.25) is 0 Å². The molecule has 0 aliphatic carbocycles. The molecule has 0 spiro atoms. The van der Waals surface area contributed by atoms with Crippen molar-refractivity contribution in [3.05, 3.63) is 53.6 Å². The Hall–Kier alpha value is -3.00. The summed E-state index contributed by atoms with van der Waals surface area (Å²) in [7, 11) is 1.60. The molecule has 1 N–H and O–H groups in total. The van der Waals surface area contributed by atoms with Gasteiger partial charge in [0.25, 0.3) is 0 Å². The molecule has 0 fully saturated rings. The zero-order valence-electron chi connectivity index (χ0n) is 17.3. The average molecular weight is 428 g/mol. The lowest BCUT2D eigenvalue weighted by atomic mass is 10.1. The summed E-state index contributed by atoms with van der Waals surface area (Å²) in [6.45, 7) is 4.60. The minimum absolute atomic E-state index is 0.0366. The molecule has 158 valence electrons. The van der Waals surface area contributed by atoms with Crippen LogP contribution in [0.5, 0.6) is 11.5 Å². The third-order valence-electron chi connectivity index (χ3n) is 4.47. The number of thioether (sulfide) groups is 1. The van der Waals surface area contributed by atoms with Crippen molar-refractivity contribution >= 4 is 34.3 Å². The van der Waals surface area contributed by atoms with Crippen LogP contribution in [-0.2, 0) is 11.3 Å². The third-order valence-corrected chi connectivity index (χ3v) is 5.35. The second-order valence-electron chi connectivity index (χ2n) is 6.56. The minimum Gasteiger partial charge on any atom is -0.493 e. The SMILES string of the molecule is CCOc1cc(C2=NN(Cc3ccc(NC(=O)CC)cc3)C(=O)SC2)ccc1OC. The van der Waals surface area contributed by atoms with Gasteiger partial charge in [-0.15, -0.1) is 0 Å². The Morgan fingerprint density at radius 2 is 1.93 bits per heavy atom. The Bertz CT molecular complexity index is 944. The smallest absolute Gasteiger partial charge is 0.302 e. The fraction of sp³-hybridized carbons (Fsp3) is 0.318. The van der Waals surface area contributed by atoms with E-state index >= 15 is 0 Å². The maximum absolute atomic E-state index is 12.4. The van der Waals surface area contributed by atoms with E-state index < -0.39 is 0 Å². The van der Waals surface area contributed by atoms with Crippen LogP contribution in [0.15, 0.2) is 47.6 Å². The van der Waals surface area contributed by atoms with Crippen LogP contribution >= 0.6 is 11.8 Å². The zero-order chi connectivity index (χ0) is 21.5. The lowest BCUT2D eigenvalue weighted by molar-refractivity contribution is -0.115. The van der Waals surface area contributed by atoms with Crippen molar-refractivity contribution in [1.82, 2.24) is 5.01 Å². The van der Waals surface area contributed by atoms with Gasteiger partial charge in [0.15, 0.2) is 11.5 Å². The molecule has 0 saturated heterocycles. The van der Waals surface area contributed by atoms with E-state index in [1.165, 1.54) is 16.8 Å². The van der Waals surface area contributed by atoms with Crippen molar-refractivity contribution in [3.8, 4) is 11.5 Å². The van der Waals surface area contributed by atoms with E-state index in [-0.39, 0.29) is 11.1 Å². The monoisotopic (exact) mass is 427 g/mol. The zero-order valence-corrected chi connectivity index (χ0v) is 18.1. The summed E-state index contributed by atoms with van der Waals surface area (Å²) in [5.74, 6) is 1.77. The predicted octanol–water partition coefficient (Wildman–Crippen LogP) is 4.52. The van der Waals surface area contributed by atoms with Crippen molar-refractivity contribution in [2.75, 3.05) is 24.8 Å². The number of ether oxygens (including phenoxy) is 2. The van der Waals surface area contributed by atoms with Gasteiger partial charge in [-0.3, -0.25) is 9.59 Å². The number of hydrogen-bond donors (Lipinski definition) is 1. The quantitative estimate of drug-likeness (QED) is 0.670. The fourth-order valence-electron chi connectivity index (χ4n) is 2.90. The van der Waals surface area contributed by atoms with Crippen molar-refractivity contribution in [2.45, 2.75) is 26.8 Å². The van der Waals surface area contributed by atoms with Crippen LogP contribution in [0.1, 0.15) is 31.4 Å². The van der Waals surface area contributed by atoms with Crippen LogP contribution in [0.4, 0.5) is 10.5 Å². The Morgan fingerprint density at radius 3 is 2.60 bits per heavy atom. The molecule has 30 heavy (non-hydrogen) atoms. The summed E-state index contributed by atoms with van der Waals surface area (Å²) in [6, 6.07) is 13.1. The van der Waals surface area contributed by atoms with Crippen molar-refractivity contribution in [3.63, 3.8) is 0 Å². The molecular formula is C22H25N3O4S. The first-order valence-electron chi connectivity index (χ1n) is 9.75. The van der Waals surface area contributed by atoms with E-state index in [1.807, 2.05) is 49.4 Å². The number of carbonyl (C=O) groups is 2. The van der Waals surface area contributed by atoms with Crippen LogP contribution in [0, 0.1) is 0 Å². The molecule has 0 radical (unpaired) electrons. The van der Waals surface area contributed by atoms with E-state index in [0.717, 1.165) is 22.5 Å². The Kier molecular flexibility index (Phi) is 7.35. The maximum atomic E-state index is 12.4. The number of carbonyl (C=O) groups excluding carboxylic acids is 2. The molecule has 1 heterocycles. The van der Waals surface area contributed by atoms with Gasteiger partial charge in [-0.1, -0.05) is 30.8 Å². The molecular weight excluding hydrogens is 402 g/mol. The molecule has 1 aliphatic rings. The Morgan fingerprint density at radius 1 is 1.17 bits per heavy atom. The van der Waals surface area contributed by atoms with Gasteiger partial charge in [-0.05, 0) is 42.8 Å². The van der Waals surface area contributed by atoms with E-state index in [2.05, 4.69) is 10.4 Å². The summed E-state index contributed by atoms with van der Waals surface area (Å²) in [4.78, 5) is 23.9. The number of methoxy groups -OCH3 is 1. The highest BCUT2D eigenvalue weighted by Crippen LogP contribution is 2.30. The highest BCUT2D eigenvalue weighted by Gasteiger charge is 2.23. The minimum atomic E-state index is -0.0966. The van der Waals surface area contributed by atoms with Gasteiger partial charge in [0.1, 0.15) is 0 Å². The first kappa shape index (κ1) is 21.7.